The van der Waals surface area contributed by atoms with Crippen molar-refractivity contribution in [1.29, 1.82) is 0 Å². The number of aliphatic carboxylic acids is 1. The van der Waals surface area contributed by atoms with Gasteiger partial charge in [0.05, 0.1) is 0 Å². The van der Waals surface area contributed by atoms with Gasteiger partial charge in [0.25, 0.3) is 0 Å². The molecule has 0 aromatic carbocycles. The molecule has 1 rings (SSSR count). The van der Waals surface area contributed by atoms with Crippen molar-refractivity contribution >= 4 is 12.0 Å². The third-order valence-electron chi connectivity index (χ3n) is 3.14. The van der Waals surface area contributed by atoms with Gasteiger partial charge in [-0.1, -0.05) is 6.92 Å². The topological polar surface area (TPSA) is 60.9 Å². The number of hydrogen-bond acceptors (Lipinski definition) is 2. The quantitative estimate of drug-likeness (QED) is 0.815. The highest BCUT2D eigenvalue weighted by Crippen LogP contribution is 2.20. The molecule has 1 aliphatic heterocycles. The molecule has 17 heavy (non-hydrogen) atoms. The minimum Gasteiger partial charge on any atom is -0.481 e. The van der Waals surface area contributed by atoms with Crippen molar-refractivity contribution in [3.8, 4) is 0 Å². The van der Waals surface area contributed by atoms with E-state index < -0.39 is 5.97 Å². The van der Waals surface area contributed by atoms with Crippen LogP contribution in [0.15, 0.2) is 0 Å². The molecule has 5 heteroatoms. The summed E-state index contributed by atoms with van der Waals surface area (Å²) in [7, 11) is 1.80. The molecule has 1 heterocycles. The number of carbonyl (C=O) groups is 2. The molecule has 1 saturated heterocycles. The van der Waals surface area contributed by atoms with Crippen LogP contribution in [-0.4, -0.2) is 53.6 Å². The highest BCUT2D eigenvalue weighted by molar-refractivity contribution is 5.74. The predicted molar refractivity (Wildman–Crippen MR) is 64.9 cm³/mol. The molecular formula is C12H22N2O3. The first-order valence-corrected chi connectivity index (χ1v) is 6.26. The van der Waals surface area contributed by atoms with Crippen LogP contribution in [0.4, 0.5) is 4.79 Å². The van der Waals surface area contributed by atoms with E-state index in [0.717, 1.165) is 32.4 Å². The zero-order valence-electron chi connectivity index (χ0n) is 10.7. The Morgan fingerprint density at radius 2 is 2.18 bits per heavy atom. The average Bonchev–Trinajstić information content (AvgIpc) is 2.28. The molecule has 0 radical (unpaired) electrons. The van der Waals surface area contributed by atoms with Crippen LogP contribution in [0.25, 0.3) is 0 Å². The molecular weight excluding hydrogens is 220 g/mol. The van der Waals surface area contributed by atoms with Crippen molar-refractivity contribution in [3.05, 3.63) is 0 Å². The van der Waals surface area contributed by atoms with E-state index in [0.29, 0.717) is 6.54 Å². The fourth-order valence-corrected chi connectivity index (χ4v) is 2.32. The van der Waals surface area contributed by atoms with Crippen LogP contribution in [-0.2, 0) is 4.79 Å². The third-order valence-corrected chi connectivity index (χ3v) is 3.14. The van der Waals surface area contributed by atoms with E-state index in [1.54, 1.807) is 16.8 Å². The summed E-state index contributed by atoms with van der Waals surface area (Å²) in [5.41, 5.74) is 0. The molecule has 1 unspecified atom stereocenters. The lowest BCUT2D eigenvalue weighted by molar-refractivity contribution is -0.138. The standard InChI is InChI=1S/C12H22N2O3/c1-3-6-13(2)12(17)14-7-4-5-10(9-14)8-11(15)16/h10H,3-9H2,1-2H3,(H,15,16). The van der Waals surface area contributed by atoms with Gasteiger partial charge in [0.15, 0.2) is 0 Å². The normalized spacial score (nSPS) is 20.1. The number of carboxylic acid groups (broad SMARTS) is 1. The molecule has 1 atom stereocenters. The van der Waals surface area contributed by atoms with Gasteiger partial charge in [0.2, 0.25) is 0 Å². The number of rotatable bonds is 4. The lowest BCUT2D eigenvalue weighted by Crippen LogP contribution is -2.46. The minimum absolute atomic E-state index is 0.0296. The molecule has 1 N–H and O–H groups in total. The maximum absolute atomic E-state index is 12.0. The molecule has 0 aliphatic carbocycles. The number of carbonyl (C=O) groups excluding carboxylic acids is 1. The number of hydrogen-bond donors (Lipinski definition) is 1. The van der Waals surface area contributed by atoms with Crippen molar-refractivity contribution in [3.63, 3.8) is 0 Å². The second-order valence-electron chi connectivity index (χ2n) is 4.76. The van der Waals surface area contributed by atoms with Crippen LogP contribution in [0.5, 0.6) is 0 Å². The van der Waals surface area contributed by atoms with Crippen LogP contribution >= 0.6 is 0 Å². The zero-order chi connectivity index (χ0) is 12.8. The van der Waals surface area contributed by atoms with Crippen molar-refractivity contribution in [2.24, 2.45) is 5.92 Å². The maximum Gasteiger partial charge on any atom is 0.319 e. The van der Waals surface area contributed by atoms with Crippen molar-refractivity contribution in [2.45, 2.75) is 32.6 Å². The Morgan fingerprint density at radius 3 is 2.76 bits per heavy atom. The van der Waals surface area contributed by atoms with Crippen molar-refractivity contribution < 1.29 is 14.7 Å². The second kappa shape index (κ2) is 6.47. The van der Waals surface area contributed by atoms with Gasteiger partial charge < -0.3 is 14.9 Å². The number of nitrogens with zero attached hydrogens (tertiary/aromatic N) is 2. The summed E-state index contributed by atoms with van der Waals surface area (Å²) >= 11 is 0. The molecule has 0 aromatic rings. The van der Waals surface area contributed by atoms with Gasteiger partial charge in [-0.05, 0) is 25.2 Å². The smallest absolute Gasteiger partial charge is 0.319 e. The zero-order valence-corrected chi connectivity index (χ0v) is 10.7. The number of likely N-dealkylation sites (tertiary alicyclic amines) is 1. The highest BCUT2D eigenvalue weighted by Gasteiger charge is 2.26. The maximum atomic E-state index is 12.0. The van der Waals surface area contributed by atoms with E-state index in [4.69, 9.17) is 5.11 Å². The summed E-state index contributed by atoms with van der Waals surface area (Å²) in [6.45, 7) is 4.12. The summed E-state index contributed by atoms with van der Waals surface area (Å²) in [6.07, 6.45) is 2.92. The Morgan fingerprint density at radius 1 is 1.47 bits per heavy atom. The first kappa shape index (κ1) is 13.8. The molecule has 0 bridgehead atoms. The third kappa shape index (κ3) is 4.24. The minimum atomic E-state index is -0.772. The SMILES string of the molecule is CCCN(C)C(=O)N1CCCC(CC(=O)O)C1. The second-order valence-corrected chi connectivity index (χ2v) is 4.76. The van der Waals surface area contributed by atoms with Crippen LogP contribution in [0.1, 0.15) is 32.6 Å². The Balaban J connectivity index is 2.48. The van der Waals surface area contributed by atoms with Gasteiger partial charge in [-0.2, -0.15) is 0 Å². The molecule has 1 fully saturated rings. The Hall–Kier alpha value is -1.26. The molecule has 1 aliphatic rings. The van der Waals surface area contributed by atoms with Crippen molar-refractivity contribution in [2.75, 3.05) is 26.7 Å². The fraction of sp³-hybridized carbons (Fsp3) is 0.833. The Bertz CT molecular complexity index is 281. The molecule has 0 saturated carbocycles. The monoisotopic (exact) mass is 242 g/mol. The summed E-state index contributed by atoms with van der Waals surface area (Å²) in [5.74, 6) is -0.661. The Kier molecular flexibility index (Phi) is 5.25. The number of amides is 2. The number of carboxylic acids is 1. The summed E-state index contributed by atoms with van der Waals surface area (Å²) in [5, 5.41) is 8.77. The van der Waals surface area contributed by atoms with E-state index in [1.807, 2.05) is 6.92 Å². The highest BCUT2D eigenvalue weighted by atomic mass is 16.4. The van der Waals surface area contributed by atoms with Gasteiger partial charge in [-0.15, -0.1) is 0 Å². The summed E-state index contributed by atoms with van der Waals surface area (Å²) < 4.78 is 0. The fourth-order valence-electron chi connectivity index (χ4n) is 2.32. The van der Waals surface area contributed by atoms with Crippen LogP contribution in [0.3, 0.4) is 0 Å². The first-order valence-electron chi connectivity index (χ1n) is 6.26. The predicted octanol–water partition coefficient (Wildman–Crippen LogP) is 1.63. The van der Waals surface area contributed by atoms with E-state index >= 15 is 0 Å². The van der Waals surface area contributed by atoms with E-state index in [-0.39, 0.29) is 18.4 Å². The molecule has 5 nitrogen and oxygen atoms in total. The van der Waals surface area contributed by atoms with Gasteiger partial charge in [0, 0.05) is 33.1 Å². The lowest BCUT2D eigenvalue weighted by atomic mass is 9.95. The number of urea groups is 1. The first-order chi connectivity index (χ1) is 8.04. The summed E-state index contributed by atoms with van der Waals surface area (Å²) in [4.78, 5) is 26.2. The lowest BCUT2D eigenvalue weighted by Gasteiger charge is -2.34. The van der Waals surface area contributed by atoms with Crippen LogP contribution in [0.2, 0.25) is 0 Å². The average molecular weight is 242 g/mol. The molecule has 0 aromatic heterocycles. The van der Waals surface area contributed by atoms with E-state index in [2.05, 4.69) is 0 Å². The molecule has 0 spiro atoms. The van der Waals surface area contributed by atoms with Crippen LogP contribution in [0, 0.1) is 5.92 Å². The van der Waals surface area contributed by atoms with E-state index in [1.165, 1.54) is 0 Å². The van der Waals surface area contributed by atoms with Crippen LogP contribution < -0.4 is 0 Å². The largest absolute Gasteiger partial charge is 0.481 e. The number of piperidine rings is 1. The van der Waals surface area contributed by atoms with Gasteiger partial charge in [0.1, 0.15) is 0 Å². The van der Waals surface area contributed by atoms with Gasteiger partial charge in [-0.25, -0.2) is 4.79 Å². The van der Waals surface area contributed by atoms with E-state index in [9.17, 15) is 9.59 Å². The Labute approximate surface area is 102 Å². The van der Waals surface area contributed by atoms with Gasteiger partial charge >= 0.3 is 12.0 Å². The summed E-state index contributed by atoms with van der Waals surface area (Å²) in [6, 6.07) is 0.0296. The van der Waals surface area contributed by atoms with Gasteiger partial charge in [-0.3, -0.25) is 4.79 Å². The van der Waals surface area contributed by atoms with Crippen molar-refractivity contribution in [1.82, 2.24) is 9.80 Å². The molecule has 2 amide bonds. The molecule has 98 valence electrons.